The number of nitrogens with zero attached hydrogens (tertiary/aromatic N) is 1. The predicted octanol–water partition coefficient (Wildman–Crippen LogP) is 5.16. The molecule has 1 rings (SSSR count). The summed E-state index contributed by atoms with van der Waals surface area (Å²) < 4.78 is -1.38. The minimum Gasteiger partial charge on any atom is -0.224 e. The van der Waals surface area contributed by atoms with Crippen LogP contribution in [-0.2, 0) is 0 Å². The van der Waals surface area contributed by atoms with Gasteiger partial charge in [0.25, 0.3) is 0 Å². The molecule has 0 N–H and O–H groups in total. The van der Waals surface area contributed by atoms with Gasteiger partial charge in [-0.2, -0.15) is 0 Å². The van der Waals surface area contributed by atoms with Crippen LogP contribution in [0.5, 0.6) is 0 Å². The highest BCUT2D eigenvalue weighted by Crippen LogP contribution is 2.36. The molecule has 1 nitrogen and oxygen atoms in total. The number of hydrogen-bond donors (Lipinski definition) is 0. The first-order valence-corrected chi connectivity index (χ1v) is 5.75. The minimum atomic E-state index is -1.38. The molecule has 82 valence electrons. The number of hydrogen-bond acceptors (Lipinski definition) is 1. The number of allylic oxidation sites excluding steroid dienone is 1. The Kier molecular flexibility index (Phi) is 4.57. The molecule has 0 saturated carbocycles. The second-order valence-electron chi connectivity index (χ2n) is 2.90. The van der Waals surface area contributed by atoms with E-state index in [0.29, 0.717) is 11.1 Å². The number of rotatable bonds is 2. The Morgan fingerprint density at radius 3 is 2.07 bits per heavy atom. The lowest BCUT2D eigenvalue weighted by molar-refractivity contribution is 1.09. The highest BCUT2D eigenvalue weighted by Gasteiger charge is 2.21. The fourth-order valence-electron chi connectivity index (χ4n) is 1.01. The first-order valence-electron chi connectivity index (χ1n) is 3.86. The Labute approximate surface area is 113 Å². The fourth-order valence-corrected chi connectivity index (χ4v) is 1.96. The van der Waals surface area contributed by atoms with Gasteiger partial charge in [-0.1, -0.05) is 64.6 Å². The number of pyridine rings is 1. The molecule has 1 aromatic heterocycles. The number of aromatic nitrogens is 1. The Balaban J connectivity index is 2.92. The van der Waals surface area contributed by atoms with Gasteiger partial charge >= 0.3 is 0 Å². The van der Waals surface area contributed by atoms with Crippen LogP contribution < -0.4 is 0 Å². The number of halogens is 5. The predicted molar refractivity (Wildman–Crippen MR) is 68.2 cm³/mol. The van der Waals surface area contributed by atoms with E-state index in [2.05, 4.69) is 11.6 Å². The largest absolute Gasteiger partial charge is 0.224 e. The van der Waals surface area contributed by atoms with Crippen molar-refractivity contribution in [2.24, 2.45) is 0 Å². The molecule has 0 aromatic carbocycles. The third-order valence-corrected chi connectivity index (χ3v) is 2.37. The zero-order valence-corrected chi connectivity index (χ0v) is 11.2. The van der Waals surface area contributed by atoms with E-state index < -0.39 is 3.79 Å². The molecule has 15 heavy (non-hydrogen) atoms. The van der Waals surface area contributed by atoms with Crippen molar-refractivity contribution in [3.63, 3.8) is 0 Å². The first kappa shape index (κ1) is 13.4. The molecule has 0 amide bonds. The third-order valence-electron chi connectivity index (χ3n) is 1.58. The molecule has 0 bridgehead atoms. The summed E-state index contributed by atoms with van der Waals surface area (Å²) in [6, 6.07) is 3.23. The Morgan fingerprint density at radius 2 is 1.67 bits per heavy atom. The van der Waals surface area contributed by atoms with Crippen molar-refractivity contribution >= 4 is 63.6 Å². The second kappa shape index (κ2) is 5.11. The standard InChI is InChI=1S/C9H6Cl5N/c1-5(4-9(12,13)14)6-2-7(10)15-8(11)3-6/h2-3H,1,4H2. The van der Waals surface area contributed by atoms with Crippen LogP contribution in [0.4, 0.5) is 0 Å². The molecular formula is C9H6Cl5N. The lowest BCUT2D eigenvalue weighted by atomic mass is 10.1. The average Bonchev–Trinajstić information content (AvgIpc) is 1.98. The molecule has 0 aliphatic heterocycles. The Hall–Kier alpha value is 0.340. The van der Waals surface area contributed by atoms with E-state index in [0.717, 1.165) is 0 Å². The van der Waals surface area contributed by atoms with Crippen molar-refractivity contribution < 1.29 is 0 Å². The van der Waals surface area contributed by atoms with E-state index in [1.807, 2.05) is 0 Å². The van der Waals surface area contributed by atoms with Crippen molar-refractivity contribution in [1.82, 2.24) is 4.98 Å². The second-order valence-corrected chi connectivity index (χ2v) is 6.19. The van der Waals surface area contributed by atoms with Gasteiger partial charge in [-0.15, -0.1) is 0 Å². The van der Waals surface area contributed by atoms with Crippen LogP contribution in [0.25, 0.3) is 5.57 Å². The molecule has 0 aliphatic carbocycles. The van der Waals surface area contributed by atoms with Crippen molar-refractivity contribution in [2.45, 2.75) is 10.2 Å². The summed E-state index contributed by atoms with van der Waals surface area (Å²) in [5.74, 6) is 0. The van der Waals surface area contributed by atoms with E-state index in [1.54, 1.807) is 12.1 Å². The topological polar surface area (TPSA) is 12.9 Å². The zero-order chi connectivity index (χ0) is 11.6. The van der Waals surface area contributed by atoms with Crippen molar-refractivity contribution in [1.29, 1.82) is 0 Å². The SMILES string of the molecule is C=C(CC(Cl)(Cl)Cl)c1cc(Cl)nc(Cl)c1. The third kappa shape index (κ3) is 4.80. The summed E-state index contributed by atoms with van der Waals surface area (Å²) in [4.78, 5) is 3.80. The highest BCUT2D eigenvalue weighted by molar-refractivity contribution is 6.67. The molecule has 0 radical (unpaired) electrons. The summed E-state index contributed by atoms with van der Waals surface area (Å²) in [5.41, 5.74) is 1.35. The van der Waals surface area contributed by atoms with Crippen molar-refractivity contribution in [2.75, 3.05) is 0 Å². The molecule has 1 aromatic rings. The summed E-state index contributed by atoms with van der Waals surface area (Å²) in [5, 5.41) is 0.561. The van der Waals surface area contributed by atoms with Crippen LogP contribution in [0.1, 0.15) is 12.0 Å². The monoisotopic (exact) mass is 303 g/mol. The van der Waals surface area contributed by atoms with Crippen molar-refractivity contribution in [3.05, 3.63) is 34.6 Å². The molecule has 6 heteroatoms. The highest BCUT2D eigenvalue weighted by atomic mass is 35.6. The molecule has 0 unspecified atom stereocenters. The van der Waals surface area contributed by atoms with E-state index in [9.17, 15) is 0 Å². The van der Waals surface area contributed by atoms with Gasteiger partial charge in [-0.05, 0) is 23.3 Å². The normalized spacial score (nSPS) is 11.5. The lowest BCUT2D eigenvalue weighted by Crippen LogP contribution is -2.02. The van der Waals surface area contributed by atoms with Crippen LogP contribution in [0.3, 0.4) is 0 Å². The van der Waals surface area contributed by atoms with Gasteiger partial charge in [0.15, 0.2) is 3.79 Å². The summed E-state index contributed by atoms with van der Waals surface area (Å²) in [6.45, 7) is 3.79. The Bertz CT molecular complexity index is 362. The molecule has 0 spiro atoms. The van der Waals surface area contributed by atoms with Crippen LogP contribution in [-0.4, -0.2) is 8.78 Å². The maximum absolute atomic E-state index is 5.73. The van der Waals surface area contributed by atoms with Gasteiger partial charge in [0.2, 0.25) is 0 Å². The molecule has 0 fully saturated rings. The quantitative estimate of drug-likeness (QED) is 0.543. The van der Waals surface area contributed by atoms with Gasteiger partial charge in [0.1, 0.15) is 10.3 Å². The lowest BCUT2D eigenvalue weighted by Gasteiger charge is -2.13. The average molecular weight is 305 g/mol. The fraction of sp³-hybridized carbons (Fsp3) is 0.222. The van der Waals surface area contributed by atoms with Crippen LogP contribution in [0, 0.1) is 0 Å². The van der Waals surface area contributed by atoms with E-state index in [4.69, 9.17) is 58.0 Å². The van der Waals surface area contributed by atoms with Gasteiger partial charge in [0, 0.05) is 6.42 Å². The maximum Gasteiger partial charge on any atom is 0.194 e. The summed E-state index contributed by atoms with van der Waals surface area (Å²) >= 11 is 28.4. The molecule has 0 aliphatic rings. The van der Waals surface area contributed by atoms with Gasteiger partial charge < -0.3 is 0 Å². The van der Waals surface area contributed by atoms with Crippen molar-refractivity contribution in [3.8, 4) is 0 Å². The van der Waals surface area contributed by atoms with Gasteiger partial charge in [0.05, 0.1) is 0 Å². The maximum atomic E-state index is 5.73. The Morgan fingerprint density at radius 1 is 1.20 bits per heavy atom. The number of alkyl halides is 3. The first-order chi connectivity index (χ1) is 6.78. The van der Waals surface area contributed by atoms with Crippen LogP contribution in [0.2, 0.25) is 10.3 Å². The molecule has 1 heterocycles. The van der Waals surface area contributed by atoms with Crippen LogP contribution in [0.15, 0.2) is 18.7 Å². The van der Waals surface area contributed by atoms with Crippen LogP contribution >= 0.6 is 58.0 Å². The molecule has 0 saturated heterocycles. The van der Waals surface area contributed by atoms with E-state index in [1.165, 1.54) is 0 Å². The zero-order valence-electron chi connectivity index (χ0n) is 7.41. The minimum absolute atomic E-state index is 0.203. The molecule has 0 atom stereocenters. The van der Waals surface area contributed by atoms with Gasteiger partial charge in [-0.3, -0.25) is 0 Å². The van der Waals surface area contributed by atoms with Gasteiger partial charge in [-0.25, -0.2) is 4.98 Å². The van der Waals surface area contributed by atoms with E-state index >= 15 is 0 Å². The molecular weight excluding hydrogens is 299 g/mol. The summed E-state index contributed by atoms with van der Waals surface area (Å²) in [6.07, 6.45) is 0.203. The summed E-state index contributed by atoms with van der Waals surface area (Å²) in [7, 11) is 0. The smallest absolute Gasteiger partial charge is 0.194 e. The van der Waals surface area contributed by atoms with E-state index in [-0.39, 0.29) is 16.7 Å².